The number of hydrogen-bond donors (Lipinski definition) is 1. The molecular weight excluding hydrogens is 188 g/mol. The lowest BCUT2D eigenvalue weighted by Crippen LogP contribution is -1.38. The minimum absolute atomic E-state index is 1.25. The zero-order chi connectivity index (χ0) is 13.5. The van der Waals surface area contributed by atoms with Crippen molar-refractivity contribution in [2.45, 2.75) is 60.8 Å². The molecule has 0 saturated carbocycles. The Kier molecular flexibility index (Phi) is 217. The molecule has 0 aliphatic rings. The Bertz CT molecular complexity index is 56.9. The van der Waals surface area contributed by atoms with Gasteiger partial charge in [0, 0.05) is 14.1 Å². The summed E-state index contributed by atoms with van der Waals surface area (Å²) in [4.78, 5) is 0. The maximum Gasteiger partial charge on any atom is 0.0487 e. The third-order valence-electron chi connectivity index (χ3n) is 0.200. The summed E-state index contributed by atoms with van der Waals surface area (Å²) in [5.74, 6) is 0. The Morgan fingerprint density at radius 2 is 0.733 bits per heavy atom. The summed E-state index contributed by atoms with van der Waals surface area (Å²) in [5, 5.41) is 6.72. The fraction of sp³-hybridized carbons (Fsp3) is 1.00. The molecule has 0 atom stereocenters. The van der Waals surface area contributed by atoms with Crippen LogP contribution in [0.1, 0.15) is 60.8 Å². The molecule has 0 radical (unpaired) electrons. The standard InChI is InChI=1S/3C3H8.C2H6N2.HN2/c3*1-3-2;1-3-4-2;1-2/h3*3H2,1-2H3;1-2H3;1H/q;;;;-1. The fourth-order valence-electron chi connectivity index (χ4n) is 0. The predicted octanol–water partition coefficient (Wildman–Crippen LogP) is 5.53. The SMILES string of the molecule is CCC.CCC.CCC.CN=NC.[N-]=N. The molecule has 0 aromatic carbocycles. The van der Waals surface area contributed by atoms with Gasteiger partial charge in [0.15, 0.2) is 0 Å². The largest absolute Gasteiger partial charge is 0.715 e. The molecule has 96 valence electrons. The van der Waals surface area contributed by atoms with Crippen LogP contribution in [0.15, 0.2) is 10.2 Å². The van der Waals surface area contributed by atoms with Gasteiger partial charge in [-0.2, -0.15) is 10.2 Å². The molecule has 1 N–H and O–H groups in total. The average molecular weight is 219 g/mol. The molecule has 0 aromatic heterocycles. The third kappa shape index (κ3) is 41400. The second-order valence-corrected chi connectivity index (χ2v) is 2.52. The Hall–Kier alpha value is -0.800. The van der Waals surface area contributed by atoms with Crippen LogP contribution < -0.4 is 0 Å². The van der Waals surface area contributed by atoms with E-state index in [-0.39, 0.29) is 0 Å². The van der Waals surface area contributed by atoms with E-state index < -0.39 is 0 Å². The lowest BCUT2D eigenvalue weighted by molar-refractivity contribution is 1.09. The van der Waals surface area contributed by atoms with Gasteiger partial charge in [0.25, 0.3) is 0 Å². The molecule has 0 aliphatic heterocycles. The van der Waals surface area contributed by atoms with E-state index in [0.717, 1.165) is 0 Å². The molecule has 4 heteroatoms. The highest BCUT2D eigenvalue weighted by Crippen LogP contribution is 1.57. The number of nitrogens with zero attached hydrogens (tertiary/aromatic N) is 3. The van der Waals surface area contributed by atoms with Gasteiger partial charge >= 0.3 is 0 Å². The van der Waals surface area contributed by atoms with Crippen LogP contribution in [0, 0.1) is 5.53 Å². The molecule has 0 amide bonds. The number of rotatable bonds is 0. The van der Waals surface area contributed by atoms with Crippen molar-refractivity contribution < 1.29 is 0 Å². The Morgan fingerprint density at radius 3 is 0.733 bits per heavy atom. The first kappa shape index (κ1) is 29.2. The predicted molar refractivity (Wildman–Crippen MR) is 70.7 cm³/mol. The molecule has 0 saturated heterocycles. The topological polar surface area (TPSA) is 70.9 Å². The van der Waals surface area contributed by atoms with Gasteiger partial charge in [-0.05, 0) is 0 Å². The van der Waals surface area contributed by atoms with Crippen molar-refractivity contribution in [1.29, 1.82) is 5.53 Å². The highest BCUT2D eigenvalue weighted by atomic mass is 15.0. The summed E-state index contributed by atoms with van der Waals surface area (Å²) < 4.78 is 0. The first-order chi connectivity index (χ1) is 7.16. The lowest BCUT2D eigenvalue weighted by Gasteiger charge is -1.54. The van der Waals surface area contributed by atoms with Crippen LogP contribution in [0.3, 0.4) is 0 Å². The molecule has 4 nitrogen and oxygen atoms in total. The van der Waals surface area contributed by atoms with Crippen LogP contribution in [-0.4, -0.2) is 14.1 Å². The summed E-state index contributed by atoms with van der Waals surface area (Å²) in [7, 11) is 3.28. The smallest absolute Gasteiger partial charge is 0.0487 e. The van der Waals surface area contributed by atoms with Crippen LogP contribution in [0.4, 0.5) is 0 Å². The van der Waals surface area contributed by atoms with Crippen LogP contribution in [-0.2, 0) is 0 Å². The molecule has 0 bridgehead atoms. The van der Waals surface area contributed by atoms with Gasteiger partial charge in [0.05, 0.1) is 0 Å². The zero-order valence-corrected chi connectivity index (χ0v) is 12.0. The van der Waals surface area contributed by atoms with Gasteiger partial charge in [-0.25, -0.2) is 0 Å². The molecule has 0 aliphatic carbocycles. The van der Waals surface area contributed by atoms with Gasteiger partial charge < -0.3 is 11.1 Å². The van der Waals surface area contributed by atoms with Gasteiger partial charge in [0.2, 0.25) is 0 Å². The molecule has 0 unspecified atom stereocenters. The maximum absolute atomic E-state index is 6.25. The van der Waals surface area contributed by atoms with Crippen LogP contribution >= 0.6 is 0 Å². The Balaban J connectivity index is -0.0000000283. The van der Waals surface area contributed by atoms with Crippen LogP contribution in [0.5, 0.6) is 0 Å². The van der Waals surface area contributed by atoms with E-state index in [1.54, 1.807) is 14.1 Å². The second-order valence-electron chi connectivity index (χ2n) is 2.52. The molecule has 0 rings (SSSR count). The van der Waals surface area contributed by atoms with Gasteiger partial charge in [-0.3, -0.25) is 0 Å². The van der Waals surface area contributed by atoms with E-state index in [0.29, 0.717) is 0 Å². The number of hydrogen-bond acceptors (Lipinski definition) is 3. The Labute approximate surface area is 96.9 Å². The maximum atomic E-state index is 6.25. The highest BCUT2D eigenvalue weighted by molar-refractivity contribution is 3.96. The first-order valence-corrected chi connectivity index (χ1v) is 5.56. The van der Waals surface area contributed by atoms with Crippen molar-refractivity contribution in [3.05, 3.63) is 5.53 Å². The molecule has 0 fully saturated rings. The molecule has 0 heterocycles. The summed E-state index contributed by atoms with van der Waals surface area (Å²) in [6, 6.07) is 0. The molecular formula is C11H31N4-. The van der Waals surface area contributed by atoms with E-state index >= 15 is 0 Å². The van der Waals surface area contributed by atoms with Crippen molar-refractivity contribution >= 4 is 0 Å². The van der Waals surface area contributed by atoms with Crippen molar-refractivity contribution in [3.8, 4) is 0 Å². The van der Waals surface area contributed by atoms with Gasteiger partial charge in [-0.15, -0.1) is 0 Å². The number of nitrogens with one attached hydrogen (secondary N) is 1. The zero-order valence-electron chi connectivity index (χ0n) is 12.0. The molecule has 0 aromatic rings. The minimum Gasteiger partial charge on any atom is -0.715 e. The normalized spacial score (nSPS) is 6.40. The average Bonchev–Trinajstić information content (AvgIpc) is 2.24. The molecule has 15 heavy (non-hydrogen) atoms. The quantitative estimate of drug-likeness (QED) is 0.520. The van der Waals surface area contributed by atoms with Crippen molar-refractivity contribution in [3.63, 3.8) is 0 Å². The number of azo groups is 1. The fourth-order valence-corrected chi connectivity index (χ4v) is 0. The highest BCUT2D eigenvalue weighted by Gasteiger charge is 1.36. The molecule has 0 spiro atoms. The van der Waals surface area contributed by atoms with Crippen molar-refractivity contribution in [1.82, 2.24) is 0 Å². The van der Waals surface area contributed by atoms with Crippen molar-refractivity contribution in [2.24, 2.45) is 10.2 Å². The summed E-state index contributed by atoms with van der Waals surface area (Å²) in [6.07, 6.45) is 3.75. The van der Waals surface area contributed by atoms with Gasteiger partial charge in [0.1, 0.15) is 0 Å². The van der Waals surface area contributed by atoms with Crippen LogP contribution in [0.2, 0.25) is 0 Å². The van der Waals surface area contributed by atoms with Crippen LogP contribution in [0.25, 0.3) is 5.53 Å². The minimum atomic E-state index is 1.25. The van der Waals surface area contributed by atoms with E-state index in [1.165, 1.54) is 19.3 Å². The summed E-state index contributed by atoms with van der Waals surface area (Å²) >= 11 is 0. The second kappa shape index (κ2) is 111. The Morgan fingerprint density at radius 1 is 0.667 bits per heavy atom. The van der Waals surface area contributed by atoms with E-state index in [1.807, 2.05) is 0 Å². The van der Waals surface area contributed by atoms with E-state index in [9.17, 15) is 0 Å². The summed E-state index contributed by atoms with van der Waals surface area (Å²) in [5.41, 5.74) is 11.0. The monoisotopic (exact) mass is 219 g/mol. The van der Waals surface area contributed by atoms with E-state index in [4.69, 9.17) is 11.1 Å². The summed E-state index contributed by atoms with van der Waals surface area (Å²) in [6.45, 7) is 12.8. The lowest BCUT2D eigenvalue weighted by atomic mass is 10.6. The third-order valence-corrected chi connectivity index (χ3v) is 0.200. The van der Waals surface area contributed by atoms with E-state index in [2.05, 4.69) is 51.8 Å². The first-order valence-electron chi connectivity index (χ1n) is 5.56. The van der Waals surface area contributed by atoms with Crippen molar-refractivity contribution in [2.75, 3.05) is 14.1 Å². The van der Waals surface area contributed by atoms with Gasteiger partial charge in [-0.1, -0.05) is 60.8 Å².